The van der Waals surface area contributed by atoms with Gasteiger partial charge in [-0.25, -0.2) is 9.97 Å². The highest BCUT2D eigenvalue weighted by Crippen LogP contribution is 2.27. The van der Waals surface area contributed by atoms with Gasteiger partial charge in [0.05, 0.1) is 5.39 Å². The van der Waals surface area contributed by atoms with Crippen LogP contribution in [0.5, 0.6) is 0 Å². The topological polar surface area (TPSA) is 85.9 Å². The molecule has 7 nitrogen and oxygen atoms in total. The molecule has 1 saturated heterocycles. The van der Waals surface area contributed by atoms with Crippen LogP contribution in [-0.4, -0.2) is 45.5 Å². The van der Waals surface area contributed by atoms with E-state index in [4.69, 9.17) is 23.2 Å². The molecule has 1 atom stereocenters. The van der Waals surface area contributed by atoms with Crippen molar-refractivity contribution < 1.29 is 4.79 Å². The average Bonchev–Trinajstić information content (AvgIpc) is 3.16. The van der Waals surface area contributed by atoms with Gasteiger partial charge in [-0.05, 0) is 51.0 Å². The molecule has 0 spiro atoms. The van der Waals surface area contributed by atoms with Crippen LogP contribution in [0.2, 0.25) is 10.0 Å². The third-order valence-electron chi connectivity index (χ3n) is 5.28. The number of anilines is 2. The monoisotopic (exact) mass is 446 g/mol. The molecule has 1 amide bonds. The van der Waals surface area contributed by atoms with E-state index < -0.39 is 5.54 Å². The average molecular weight is 447 g/mol. The smallest absolute Gasteiger partial charge is 0.245 e. The number of nitrogens with zero attached hydrogens (tertiary/aromatic N) is 3. The number of fused-ring (bicyclic) bond motifs is 1. The number of hydrogen-bond acceptors (Lipinski definition) is 5. The number of amides is 1. The van der Waals surface area contributed by atoms with Crippen molar-refractivity contribution in [2.45, 2.75) is 38.3 Å². The Balaban J connectivity index is 1.44. The molecule has 3 N–H and O–H groups in total. The normalized spacial score (nSPS) is 17.2. The predicted molar refractivity (Wildman–Crippen MR) is 121 cm³/mol. The van der Waals surface area contributed by atoms with E-state index in [0.29, 0.717) is 22.3 Å². The SMILES string of the molecule is CC(C)(Nc1cc(Cl)cc(Cl)c1)C(=O)N[C@@H]1CCCN(c2ncnc3[nH]ccc23)C1. The van der Waals surface area contributed by atoms with Gasteiger partial charge in [0.2, 0.25) is 5.91 Å². The van der Waals surface area contributed by atoms with E-state index in [9.17, 15) is 4.79 Å². The van der Waals surface area contributed by atoms with Crippen LogP contribution in [0.4, 0.5) is 11.5 Å². The van der Waals surface area contributed by atoms with Crippen molar-refractivity contribution in [2.24, 2.45) is 0 Å². The molecule has 1 aromatic carbocycles. The largest absolute Gasteiger partial charge is 0.372 e. The fourth-order valence-electron chi connectivity index (χ4n) is 3.81. The minimum atomic E-state index is -0.834. The zero-order valence-corrected chi connectivity index (χ0v) is 18.4. The third kappa shape index (κ3) is 4.47. The minimum absolute atomic E-state index is 0.0271. The quantitative estimate of drug-likeness (QED) is 0.545. The number of benzene rings is 1. The summed E-state index contributed by atoms with van der Waals surface area (Å²) in [6, 6.07) is 7.17. The van der Waals surface area contributed by atoms with Crippen LogP contribution in [0.25, 0.3) is 11.0 Å². The fraction of sp³-hybridized carbons (Fsp3) is 0.381. The summed E-state index contributed by atoms with van der Waals surface area (Å²) in [6.07, 6.45) is 5.32. The maximum Gasteiger partial charge on any atom is 0.245 e. The molecule has 0 saturated carbocycles. The molecular weight excluding hydrogens is 423 g/mol. The molecule has 158 valence electrons. The summed E-state index contributed by atoms with van der Waals surface area (Å²) in [5.74, 6) is 0.811. The number of rotatable bonds is 5. The molecule has 1 aliphatic rings. The number of aromatic nitrogens is 3. The molecule has 1 fully saturated rings. The highest BCUT2D eigenvalue weighted by atomic mass is 35.5. The van der Waals surface area contributed by atoms with Crippen LogP contribution < -0.4 is 15.5 Å². The third-order valence-corrected chi connectivity index (χ3v) is 5.71. The molecule has 30 heavy (non-hydrogen) atoms. The zero-order valence-electron chi connectivity index (χ0n) is 16.9. The Morgan fingerprint density at radius 2 is 2.00 bits per heavy atom. The standard InChI is InChI=1S/C21H24Cl2N6O/c1-21(2,28-16-9-13(22)8-14(23)10-16)20(30)27-15-4-3-7-29(11-15)19-17-5-6-24-18(17)25-12-26-19/h5-6,8-10,12,15,28H,3-4,7,11H2,1-2H3,(H,27,30)(H,24,25,26)/t15-/m1/s1. The summed E-state index contributed by atoms with van der Waals surface area (Å²) >= 11 is 12.2. The van der Waals surface area contributed by atoms with E-state index in [-0.39, 0.29) is 11.9 Å². The summed E-state index contributed by atoms with van der Waals surface area (Å²) in [4.78, 5) is 27.1. The zero-order chi connectivity index (χ0) is 21.3. The van der Waals surface area contributed by atoms with Crippen LogP contribution in [0, 0.1) is 0 Å². The Kier molecular flexibility index (Phi) is 5.75. The number of aromatic amines is 1. The number of nitrogens with one attached hydrogen (secondary N) is 3. The number of carbonyl (C=O) groups excluding carboxylic acids is 1. The van der Waals surface area contributed by atoms with Crippen molar-refractivity contribution in [3.05, 3.63) is 46.8 Å². The fourth-order valence-corrected chi connectivity index (χ4v) is 4.33. The van der Waals surface area contributed by atoms with Gasteiger partial charge in [0.25, 0.3) is 0 Å². The molecule has 2 aromatic heterocycles. The van der Waals surface area contributed by atoms with E-state index in [1.54, 1.807) is 24.5 Å². The van der Waals surface area contributed by atoms with Crippen LogP contribution >= 0.6 is 23.2 Å². The lowest BCUT2D eigenvalue weighted by Crippen LogP contribution is -2.55. The lowest BCUT2D eigenvalue weighted by atomic mass is 10.00. The van der Waals surface area contributed by atoms with Crippen molar-refractivity contribution in [3.63, 3.8) is 0 Å². The lowest BCUT2D eigenvalue weighted by molar-refractivity contribution is -0.125. The molecule has 0 aliphatic carbocycles. The van der Waals surface area contributed by atoms with Crippen LogP contribution in [0.1, 0.15) is 26.7 Å². The first kappa shape index (κ1) is 20.8. The highest BCUT2D eigenvalue weighted by molar-refractivity contribution is 6.35. The van der Waals surface area contributed by atoms with Gasteiger partial charge in [-0.2, -0.15) is 0 Å². The van der Waals surface area contributed by atoms with Gasteiger partial charge in [-0.3, -0.25) is 4.79 Å². The van der Waals surface area contributed by atoms with E-state index in [0.717, 1.165) is 36.2 Å². The van der Waals surface area contributed by atoms with Gasteiger partial charge in [-0.15, -0.1) is 0 Å². The van der Waals surface area contributed by atoms with Gasteiger partial charge in [0.1, 0.15) is 23.3 Å². The molecule has 1 aliphatic heterocycles. The molecule has 3 aromatic rings. The van der Waals surface area contributed by atoms with Crippen LogP contribution in [0.15, 0.2) is 36.8 Å². The van der Waals surface area contributed by atoms with Gasteiger partial charge in [0, 0.05) is 41.1 Å². The summed E-state index contributed by atoms with van der Waals surface area (Å²) in [5, 5.41) is 8.45. The summed E-state index contributed by atoms with van der Waals surface area (Å²) < 4.78 is 0. The van der Waals surface area contributed by atoms with E-state index in [1.165, 1.54) is 0 Å². The Morgan fingerprint density at radius 3 is 2.77 bits per heavy atom. The van der Waals surface area contributed by atoms with E-state index >= 15 is 0 Å². The molecule has 0 unspecified atom stereocenters. The summed E-state index contributed by atoms with van der Waals surface area (Å²) in [5.41, 5.74) is 0.685. The first-order valence-corrected chi connectivity index (χ1v) is 10.7. The predicted octanol–water partition coefficient (Wildman–Crippen LogP) is 4.24. The Hall–Kier alpha value is -2.51. The number of halogens is 2. The second-order valence-electron chi connectivity index (χ2n) is 8.10. The molecule has 9 heteroatoms. The maximum absolute atomic E-state index is 13.0. The second-order valence-corrected chi connectivity index (χ2v) is 8.98. The first-order valence-electron chi connectivity index (χ1n) is 9.90. The van der Waals surface area contributed by atoms with Crippen molar-refractivity contribution in [3.8, 4) is 0 Å². The lowest BCUT2D eigenvalue weighted by Gasteiger charge is -2.36. The highest BCUT2D eigenvalue weighted by Gasteiger charge is 2.31. The Labute approximate surface area is 185 Å². The minimum Gasteiger partial charge on any atom is -0.372 e. The molecule has 4 rings (SSSR count). The van der Waals surface area contributed by atoms with Crippen molar-refractivity contribution >= 4 is 51.6 Å². The van der Waals surface area contributed by atoms with Crippen LogP contribution in [-0.2, 0) is 4.79 Å². The van der Waals surface area contributed by atoms with Gasteiger partial charge < -0.3 is 20.5 Å². The van der Waals surface area contributed by atoms with Crippen molar-refractivity contribution in [1.82, 2.24) is 20.3 Å². The Morgan fingerprint density at radius 1 is 1.23 bits per heavy atom. The van der Waals surface area contributed by atoms with Gasteiger partial charge in [-0.1, -0.05) is 23.2 Å². The molecule has 0 radical (unpaired) electrons. The summed E-state index contributed by atoms with van der Waals surface area (Å²) in [7, 11) is 0. The number of piperidine rings is 1. The van der Waals surface area contributed by atoms with Gasteiger partial charge in [0.15, 0.2) is 0 Å². The number of hydrogen-bond donors (Lipinski definition) is 3. The maximum atomic E-state index is 13.0. The number of H-pyrrole nitrogens is 1. The number of carbonyl (C=O) groups is 1. The van der Waals surface area contributed by atoms with Crippen molar-refractivity contribution in [1.29, 1.82) is 0 Å². The Bertz CT molecular complexity index is 1050. The molecular formula is C21H24Cl2N6O. The van der Waals surface area contributed by atoms with Gasteiger partial charge >= 0.3 is 0 Å². The van der Waals surface area contributed by atoms with Crippen molar-refractivity contribution in [2.75, 3.05) is 23.3 Å². The first-order chi connectivity index (χ1) is 14.3. The summed E-state index contributed by atoms with van der Waals surface area (Å²) in [6.45, 7) is 5.27. The van der Waals surface area contributed by atoms with E-state index in [1.807, 2.05) is 26.1 Å². The molecule has 0 bridgehead atoms. The molecule has 3 heterocycles. The van der Waals surface area contributed by atoms with Crippen LogP contribution in [0.3, 0.4) is 0 Å². The second kappa shape index (κ2) is 8.32. The van der Waals surface area contributed by atoms with E-state index in [2.05, 4.69) is 30.5 Å².